The quantitative estimate of drug-likeness (QED) is 0.749. The number of aromatic nitrogens is 1. The number of thiazole rings is 1. The number of aliphatic hydroxyl groups is 1. The van der Waals surface area contributed by atoms with Gasteiger partial charge in [-0.15, -0.1) is 11.3 Å². The molecule has 4 nitrogen and oxygen atoms in total. The van der Waals surface area contributed by atoms with Crippen molar-refractivity contribution in [2.45, 2.75) is 71.4 Å². The molecule has 0 aromatic carbocycles. The van der Waals surface area contributed by atoms with Gasteiger partial charge in [-0.25, -0.2) is 4.98 Å². The van der Waals surface area contributed by atoms with E-state index in [2.05, 4.69) is 51.1 Å². The number of hydrogen-bond donors (Lipinski definition) is 2. The lowest BCUT2D eigenvalue weighted by Crippen LogP contribution is -2.41. The van der Waals surface area contributed by atoms with E-state index in [0.717, 1.165) is 11.6 Å². The largest absolute Gasteiger partial charge is 0.408 e. The van der Waals surface area contributed by atoms with Crippen LogP contribution in [0.15, 0.2) is 6.20 Å². The Bertz CT molecular complexity index is 443. The average Bonchev–Trinajstić information content (AvgIpc) is 2.82. The van der Waals surface area contributed by atoms with Gasteiger partial charge in [-0.2, -0.15) is 0 Å². The molecule has 0 bridgehead atoms. The molecule has 0 spiro atoms. The van der Waals surface area contributed by atoms with Crippen LogP contribution in [0.1, 0.15) is 50.6 Å². The van der Waals surface area contributed by atoms with Crippen molar-refractivity contribution in [2.24, 2.45) is 0 Å². The summed E-state index contributed by atoms with van der Waals surface area (Å²) in [5.74, 6) is 0. The van der Waals surface area contributed by atoms with Crippen molar-refractivity contribution in [3.8, 4) is 0 Å². The lowest BCUT2D eigenvalue weighted by atomic mass is 10.2. The topological polar surface area (TPSA) is 54.4 Å². The van der Waals surface area contributed by atoms with E-state index in [-0.39, 0.29) is 23.8 Å². The van der Waals surface area contributed by atoms with Crippen molar-refractivity contribution < 1.29 is 9.53 Å². The van der Waals surface area contributed by atoms with Gasteiger partial charge in [-0.3, -0.25) is 0 Å². The predicted octanol–water partition coefficient (Wildman–Crippen LogP) is 3.70. The van der Waals surface area contributed by atoms with E-state index in [9.17, 15) is 0 Å². The summed E-state index contributed by atoms with van der Waals surface area (Å²) in [6, 6.07) is 0.108. The highest BCUT2D eigenvalue weighted by molar-refractivity contribution is 7.11. The molecule has 21 heavy (non-hydrogen) atoms. The van der Waals surface area contributed by atoms with Gasteiger partial charge in [0.2, 0.25) is 0 Å². The smallest absolute Gasteiger partial charge is 0.193 e. The maximum atomic E-state index is 9.02. The van der Waals surface area contributed by atoms with E-state index in [1.165, 1.54) is 4.88 Å². The van der Waals surface area contributed by atoms with Crippen LogP contribution in [0.5, 0.6) is 0 Å². The van der Waals surface area contributed by atoms with Gasteiger partial charge in [-0.05, 0) is 32.0 Å². The zero-order valence-electron chi connectivity index (χ0n) is 14.4. The minimum absolute atomic E-state index is 0.0416. The van der Waals surface area contributed by atoms with Gasteiger partial charge in [0.25, 0.3) is 0 Å². The first-order valence-electron chi connectivity index (χ1n) is 7.53. The summed E-state index contributed by atoms with van der Waals surface area (Å²) >= 11 is 1.69. The molecule has 0 aliphatic rings. The second kappa shape index (κ2) is 7.33. The van der Waals surface area contributed by atoms with Crippen LogP contribution in [-0.4, -0.2) is 31.1 Å². The zero-order chi connectivity index (χ0) is 16.3. The number of rotatable bonds is 7. The van der Waals surface area contributed by atoms with Crippen LogP contribution in [-0.2, 0) is 11.0 Å². The van der Waals surface area contributed by atoms with Crippen LogP contribution in [0.2, 0.25) is 18.1 Å². The van der Waals surface area contributed by atoms with Gasteiger partial charge in [0, 0.05) is 23.7 Å². The average molecular weight is 331 g/mol. The minimum Gasteiger partial charge on any atom is -0.408 e. The van der Waals surface area contributed by atoms with Gasteiger partial charge in [0.05, 0.1) is 12.7 Å². The van der Waals surface area contributed by atoms with Crippen LogP contribution in [0.3, 0.4) is 0 Å². The molecule has 1 rings (SSSR count). The standard InChI is InChI=1S/C15H30N2O2SSi/c1-11(10-18)16-8-13-9-17-14(20-13)12(2)19-21(6,7)15(3,4)5/h9,11-12,16,18H,8,10H2,1-7H3/t11-,12-/m0/s1. The molecule has 0 fully saturated rings. The SMILES string of the molecule is C[C@H](O[Si](C)(C)C(C)(C)C)c1ncc(CN[C@@H](C)CO)s1. The third-order valence-corrected chi connectivity index (χ3v) is 9.81. The maximum Gasteiger partial charge on any atom is 0.193 e. The first-order chi connectivity index (χ1) is 9.56. The van der Waals surface area contributed by atoms with Gasteiger partial charge in [-0.1, -0.05) is 20.8 Å². The molecular weight excluding hydrogens is 300 g/mol. The Morgan fingerprint density at radius 2 is 2.00 bits per heavy atom. The Hall–Kier alpha value is -0.273. The molecule has 0 aliphatic carbocycles. The molecular formula is C15H30N2O2SSi. The maximum absolute atomic E-state index is 9.02. The summed E-state index contributed by atoms with van der Waals surface area (Å²) in [7, 11) is -1.77. The Labute approximate surface area is 134 Å². The number of nitrogens with one attached hydrogen (secondary N) is 1. The van der Waals surface area contributed by atoms with Gasteiger partial charge < -0.3 is 14.8 Å². The Morgan fingerprint density at radius 1 is 1.38 bits per heavy atom. The van der Waals surface area contributed by atoms with Crippen molar-refractivity contribution in [3.63, 3.8) is 0 Å². The van der Waals surface area contributed by atoms with Gasteiger partial charge in [0.15, 0.2) is 8.32 Å². The molecule has 2 atom stereocenters. The van der Waals surface area contributed by atoms with E-state index >= 15 is 0 Å². The van der Waals surface area contributed by atoms with E-state index < -0.39 is 8.32 Å². The molecule has 1 aromatic rings. The first kappa shape index (κ1) is 18.8. The van der Waals surface area contributed by atoms with Gasteiger partial charge >= 0.3 is 0 Å². The summed E-state index contributed by atoms with van der Waals surface area (Å²) in [6.07, 6.45) is 1.95. The molecule has 0 saturated carbocycles. The third kappa shape index (κ3) is 5.45. The number of aliphatic hydroxyl groups excluding tert-OH is 1. The van der Waals surface area contributed by atoms with Crippen molar-refractivity contribution in [1.29, 1.82) is 0 Å². The monoisotopic (exact) mass is 330 g/mol. The highest BCUT2D eigenvalue weighted by Crippen LogP contribution is 2.40. The Kier molecular flexibility index (Phi) is 6.55. The molecule has 6 heteroatoms. The molecule has 0 unspecified atom stereocenters. The highest BCUT2D eigenvalue weighted by Gasteiger charge is 2.39. The third-order valence-electron chi connectivity index (χ3n) is 4.10. The van der Waals surface area contributed by atoms with Crippen LogP contribution >= 0.6 is 11.3 Å². The zero-order valence-corrected chi connectivity index (χ0v) is 16.2. The van der Waals surface area contributed by atoms with Gasteiger partial charge in [0.1, 0.15) is 5.01 Å². The van der Waals surface area contributed by atoms with Crippen LogP contribution < -0.4 is 5.32 Å². The molecule has 0 radical (unpaired) electrons. The van der Waals surface area contributed by atoms with Crippen molar-refractivity contribution >= 4 is 19.7 Å². The normalized spacial score (nSPS) is 16.0. The van der Waals surface area contributed by atoms with Crippen molar-refractivity contribution in [1.82, 2.24) is 10.3 Å². The lowest BCUT2D eigenvalue weighted by Gasteiger charge is -2.38. The van der Waals surface area contributed by atoms with E-state index in [4.69, 9.17) is 9.53 Å². The second-order valence-corrected chi connectivity index (χ2v) is 13.1. The summed E-state index contributed by atoms with van der Waals surface area (Å²) in [6.45, 7) is 16.2. The summed E-state index contributed by atoms with van der Waals surface area (Å²) in [4.78, 5) is 5.68. The molecule has 1 heterocycles. The summed E-state index contributed by atoms with van der Waals surface area (Å²) in [5, 5.41) is 13.5. The first-order valence-corrected chi connectivity index (χ1v) is 11.3. The van der Waals surface area contributed by atoms with Crippen LogP contribution in [0, 0.1) is 0 Å². The number of hydrogen-bond acceptors (Lipinski definition) is 5. The fraction of sp³-hybridized carbons (Fsp3) is 0.800. The van der Waals surface area contributed by atoms with Crippen LogP contribution in [0.25, 0.3) is 0 Å². The second-order valence-electron chi connectivity index (χ2n) is 7.15. The van der Waals surface area contributed by atoms with E-state index in [1.54, 1.807) is 11.3 Å². The van der Waals surface area contributed by atoms with E-state index in [1.807, 2.05) is 13.1 Å². The van der Waals surface area contributed by atoms with Crippen LogP contribution in [0.4, 0.5) is 0 Å². The fourth-order valence-corrected chi connectivity index (χ4v) is 3.88. The molecule has 0 aliphatic heterocycles. The van der Waals surface area contributed by atoms with Crippen molar-refractivity contribution in [3.05, 3.63) is 16.1 Å². The highest BCUT2D eigenvalue weighted by atomic mass is 32.1. The Morgan fingerprint density at radius 3 is 2.52 bits per heavy atom. The van der Waals surface area contributed by atoms with Crippen molar-refractivity contribution in [2.75, 3.05) is 6.61 Å². The molecule has 2 N–H and O–H groups in total. The molecule has 0 saturated heterocycles. The minimum atomic E-state index is -1.77. The number of nitrogens with zero attached hydrogens (tertiary/aromatic N) is 1. The molecule has 0 amide bonds. The predicted molar refractivity (Wildman–Crippen MR) is 92.2 cm³/mol. The molecule has 1 aromatic heterocycles. The fourth-order valence-electron chi connectivity index (χ4n) is 1.60. The Balaban J connectivity index is 2.64. The summed E-state index contributed by atoms with van der Waals surface area (Å²) < 4.78 is 6.37. The lowest BCUT2D eigenvalue weighted by molar-refractivity contribution is 0.202. The van der Waals surface area contributed by atoms with E-state index in [0.29, 0.717) is 0 Å². The summed E-state index contributed by atoms with van der Waals surface area (Å²) in [5.41, 5.74) is 0. The molecule has 122 valence electrons.